The van der Waals surface area contributed by atoms with Gasteiger partial charge in [-0.2, -0.15) is 4.98 Å². The third kappa shape index (κ3) is 3.76. The lowest BCUT2D eigenvalue weighted by Gasteiger charge is -2.32. The number of halogens is 1. The molecule has 0 aromatic carbocycles. The third-order valence-corrected chi connectivity index (χ3v) is 3.37. The van der Waals surface area contributed by atoms with E-state index in [1.165, 1.54) is 6.20 Å². The van der Waals surface area contributed by atoms with Crippen LogP contribution in [0.4, 0.5) is 16.2 Å². The number of hydrogen-bond acceptors (Lipinski definition) is 5. The minimum atomic E-state index is -0.393. The standard InChI is InChI=1S/C13H22FN5/c1-3-15-13-16-8-11(14)12(18-13)17-10-6-5-7-19(4-2)9-10/h8,10H,3-7,9H2,1-2H3,(H2,15,16,17,18). The molecule has 0 spiro atoms. The molecular weight excluding hydrogens is 245 g/mol. The van der Waals surface area contributed by atoms with E-state index in [1.807, 2.05) is 6.92 Å². The molecule has 5 nitrogen and oxygen atoms in total. The molecule has 1 aliphatic heterocycles. The highest BCUT2D eigenvalue weighted by molar-refractivity contribution is 5.42. The fourth-order valence-electron chi connectivity index (χ4n) is 2.37. The molecule has 2 heterocycles. The van der Waals surface area contributed by atoms with Crippen molar-refractivity contribution < 1.29 is 4.39 Å². The highest BCUT2D eigenvalue weighted by atomic mass is 19.1. The van der Waals surface area contributed by atoms with Gasteiger partial charge in [0, 0.05) is 19.1 Å². The lowest BCUT2D eigenvalue weighted by Crippen LogP contribution is -2.42. The van der Waals surface area contributed by atoms with Gasteiger partial charge in [0.15, 0.2) is 11.6 Å². The lowest BCUT2D eigenvalue weighted by atomic mass is 10.1. The molecule has 1 saturated heterocycles. The van der Waals surface area contributed by atoms with Crippen LogP contribution in [0, 0.1) is 5.82 Å². The van der Waals surface area contributed by atoms with Crippen molar-refractivity contribution in [3.8, 4) is 0 Å². The highest BCUT2D eigenvalue weighted by Gasteiger charge is 2.20. The molecule has 0 bridgehead atoms. The molecule has 1 aromatic rings. The summed E-state index contributed by atoms with van der Waals surface area (Å²) in [6.07, 6.45) is 3.41. The second kappa shape index (κ2) is 6.65. The first-order valence-electron chi connectivity index (χ1n) is 6.98. The fraction of sp³-hybridized carbons (Fsp3) is 0.692. The van der Waals surface area contributed by atoms with E-state index < -0.39 is 5.82 Å². The van der Waals surface area contributed by atoms with Crippen LogP contribution in [0.15, 0.2) is 6.20 Å². The molecule has 1 aromatic heterocycles. The van der Waals surface area contributed by atoms with Crippen molar-refractivity contribution in [2.75, 3.05) is 36.8 Å². The van der Waals surface area contributed by atoms with Crippen LogP contribution in [0.3, 0.4) is 0 Å². The molecule has 1 atom stereocenters. The predicted octanol–water partition coefficient (Wildman–Crippen LogP) is 1.94. The van der Waals surface area contributed by atoms with Crippen molar-refractivity contribution in [3.63, 3.8) is 0 Å². The number of piperidine rings is 1. The number of rotatable bonds is 5. The Labute approximate surface area is 113 Å². The minimum absolute atomic E-state index is 0.257. The second-order valence-electron chi connectivity index (χ2n) is 4.80. The molecule has 6 heteroatoms. The summed E-state index contributed by atoms with van der Waals surface area (Å²) in [6.45, 7) is 7.93. The zero-order chi connectivity index (χ0) is 13.7. The Morgan fingerprint density at radius 3 is 3.05 bits per heavy atom. The number of hydrogen-bond donors (Lipinski definition) is 2. The summed E-state index contributed by atoms with van der Waals surface area (Å²) in [5, 5.41) is 6.20. The van der Waals surface area contributed by atoms with E-state index in [0.29, 0.717) is 11.8 Å². The van der Waals surface area contributed by atoms with Gasteiger partial charge in [-0.25, -0.2) is 9.37 Å². The number of nitrogens with zero attached hydrogens (tertiary/aromatic N) is 3. The lowest BCUT2D eigenvalue weighted by molar-refractivity contribution is 0.226. The quantitative estimate of drug-likeness (QED) is 0.854. The molecule has 0 aliphatic carbocycles. The molecule has 2 N–H and O–H groups in total. The van der Waals surface area contributed by atoms with Crippen LogP contribution in [0.25, 0.3) is 0 Å². The smallest absolute Gasteiger partial charge is 0.224 e. The number of nitrogens with one attached hydrogen (secondary N) is 2. The zero-order valence-electron chi connectivity index (χ0n) is 11.6. The summed E-state index contributed by atoms with van der Waals surface area (Å²) < 4.78 is 13.7. The second-order valence-corrected chi connectivity index (χ2v) is 4.80. The van der Waals surface area contributed by atoms with E-state index in [0.717, 1.165) is 39.0 Å². The summed E-state index contributed by atoms with van der Waals surface area (Å²) in [6, 6.07) is 0.257. The Morgan fingerprint density at radius 1 is 1.47 bits per heavy atom. The summed E-state index contributed by atoms with van der Waals surface area (Å²) in [7, 11) is 0. The Hall–Kier alpha value is -1.43. The Morgan fingerprint density at radius 2 is 2.32 bits per heavy atom. The molecule has 1 unspecified atom stereocenters. The maximum Gasteiger partial charge on any atom is 0.224 e. The molecule has 0 saturated carbocycles. The van der Waals surface area contributed by atoms with Crippen LogP contribution in [0.5, 0.6) is 0 Å². The van der Waals surface area contributed by atoms with Crippen LogP contribution >= 0.6 is 0 Å². The first-order valence-corrected chi connectivity index (χ1v) is 6.98. The molecule has 106 valence electrons. The Balaban J connectivity index is 2.03. The average Bonchev–Trinajstić information content (AvgIpc) is 2.43. The number of aromatic nitrogens is 2. The number of likely N-dealkylation sites (N-methyl/N-ethyl adjacent to an activating group) is 1. The van der Waals surface area contributed by atoms with E-state index in [4.69, 9.17) is 0 Å². The monoisotopic (exact) mass is 267 g/mol. The van der Waals surface area contributed by atoms with Crippen molar-refractivity contribution in [2.24, 2.45) is 0 Å². The molecule has 1 aliphatic rings. The molecule has 0 amide bonds. The number of anilines is 2. The van der Waals surface area contributed by atoms with E-state index in [1.54, 1.807) is 0 Å². The van der Waals surface area contributed by atoms with Gasteiger partial charge in [0.2, 0.25) is 5.95 Å². The normalized spacial score (nSPS) is 20.3. The fourth-order valence-corrected chi connectivity index (χ4v) is 2.37. The first-order chi connectivity index (χ1) is 9.22. The molecule has 1 fully saturated rings. The van der Waals surface area contributed by atoms with Gasteiger partial charge >= 0.3 is 0 Å². The maximum absolute atomic E-state index is 13.7. The zero-order valence-corrected chi connectivity index (χ0v) is 11.6. The SMILES string of the molecule is CCNc1ncc(F)c(NC2CCCN(CC)C2)n1. The van der Waals surface area contributed by atoms with Crippen molar-refractivity contribution in [1.29, 1.82) is 0 Å². The van der Waals surface area contributed by atoms with Crippen LogP contribution in [-0.4, -0.2) is 47.1 Å². The van der Waals surface area contributed by atoms with E-state index in [9.17, 15) is 4.39 Å². The van der Waals surface area contributed by atoms with Gasteiger partial charge in [0.1, 0.15) is 0 Å². The predicted molar refractivity (Wildman–Crippen MR) is 74.9 cm³/mol. The van der Waals surface area contributed by atoms with Gasteiger partial charge in [-0.05, 0) is 32.9 Å². The van der Waals surface area contributed by atoms with Gasteiger partial charge in [-0.15, -0.1) is 0 Å². The number of likely N-dealkylation sites (tertiary alicyclic amines) is 1. The van der Waals surface area contributed by atoms with Crippen LogP contribution in [0.1, 0.15) is 26.7 Å². The van der Waals surface area contributed by atoms with Crippen LogP contribution in [0.2, 0.25) is 0 Å². The van der Waals surface area contributed by atoms with E-state index >= 15 is 0 Å². The van der Waals surface area contributed by atoms with Gasteiger partial charge < -0.3 is 15.5 Å². The van der Waals surface area contributed by atoms with Crippen LogP contribution in [-0.2, 0) is 0 Å². The van der Waals surface area contributed by atoms with Gasteiger partial charge in [-0.1, -0.05) is 6.92 Å². The Kier molecular flexibility index (Phi) is 4.90. The van der Waals surface area contributed by atoms with Crippen molar-refractivity contribution in [1.82, 2.24) is 14.9 Å². The van der Waals surface area contributed by atoms with Crippen LogP contribution < -0.4 is 10.6 Å². The van der Waals surface area contributed by atoms with Crippen molar-refractivity contribution >= 4 is 11.8 Å². The molecule has 19 heavy (non-hydrogen) atoms. The Bertz CT molecular complexity index is 412. The summed E-state index contributed by atoms with van der Waals surface area (Å²) in [4.78, 5) is 10.5. The van der Waals surface area contributed by atoms with Crippen molar-refractivity contribution in [2.45, 2.75) is 32.7 Å². The molecular formula is C13H22FN5. The van der Waals surface area contributed by atoms with Crippen molar-refractivity contribution in [3.05, 3.63) is 12.0 Å². The van der Waals surface area contributed by atoms with Gasteiger partial charge in [-0.3, -0.25) is 0 Å². The summed E-state index contributed by atoms with van der Waals surface area (Å²) in [5.74, 6) is 0.374. The largest absolute Gasteiger partial charge is 0.363 e. The third-order valence-electron chi connectivity index (χ3n) is 3.37. The first kappa shape index (κ1) is 14.0. The summed E-state index contributed by atoms with van der Waals surface area (Å²) >= 11 is 0. The molecule has 0 radical (unpaired) electrons. The van der Waals surface area contributed by atoms with E-state index in [2.05, 4.69) is 32.4 Å². The topological polar surface area (TPSA) is 53.1 Å². The average molecular weight is 267 g/mol. The summed E-state index contributed by atoms with van der Waals surface area (Å²) in [5.41, 5.74) is 0. The van der Waals surface area contributed by atoms with Gasteiger partial charge in [0.25, 0.3) is 0 Å². The minimum Gasteiger partial charge on any atom is -0.363 e. The maximum atomic E-state index is 13.7. The highest BCUT2D eigenvalue weighted by Crippen LogP contribution is 2.17. The van der Waals surface area contributed by atoms with E-state index in [-0.39, 0.29) is 6.04 Å². The molecule has 2 rings (SSSR count). The van der Waals surface area contributed by atoms with Gasteiger partial charge in [0.05, 0.1) is 6.20 Å².